The maximum absolute atomic E-state index is 5.02. The smallest absolute Gasteiger partial charge is 0.138 e. The Morgan fingerprint density at radius 1 is 1.21 bits per heavy atom. The van der Waals surface area contributed by atoms with E-state index in [-0.39, 0.29) is 0 Å². The van der Waals surface area contributed by atoms with Crippen LogP contribution in [0.15, 0.2) is 0 Å². The average Bonchev–Trinajstić information content (AvgIpc) is 2.34. The number of hydrogen-bond donors (Lipinski definition) is 1. The zero-order valence-corrected chi connectivity index (χ0v) is 13.4. The first kappa shape index (κ1) is 16.4. The summed E-state index contributed by atoms with van der Waals surface area (Å²) in [5, 5.41) is 3.95. The van der Waals surface area contributed by atoms with E-state index in [0.717, 1.165) is 42.7 Å². The third kappa shape index (κ3) is 5.89. The second-order valence-electron chi connectivity index (χ2n) is 4.82. The van der Waals surface area contributed by atoms with E-state index in [9.17, 15) is 0 Å². The van der Waals surface area contributed by atoms with E-state index in [4.69, 9.17) is 4.74 Å². The molecule has 0 radical (unpaired) electrons. The van der Waals surface area contributed by atoms with E-state index in [1.54, 1.807) is 7.11 Å². The van der Waals surface area contributed by atoms with Crippen LogP contribution < -0.4 is 5.32 Å². The normalized spacial score (nSPS) is 11.3. The Morgan fingerprint density at radius 2 is 1.84 bits per heavy atom. The number of aromatic nitrogens is 2. The minimum absolute atomic E-state index is 0.611. The van der Waals surface area contributed by atoms with Gasteiger partial charge in [0.05, 0.1) is 12.4 Å². The molecule has 108 valence electrons. The second-order valence-corrected chi connectivity index (χ2v) is 6.38. The maximum atomic E-state index is 5.02. The molecule has 0 spiro atoms. The highest BCUT2D eigenvalue weighted by Crippen LogP contribution is 2.17. The number of aryl methyl sites for hydroxylation is 2. The summed E-state index contributed by atoms with van der Waals surface area (Å²) in [5.74, 6) is 1.82. The van der Waals surface area contributed by atoms with Crippen molar-refractivity contribution in [3.8, 4) is 0 Å². The van der Waals surface area contributed by atoms with Crippen molar-refractivity contribution < 1.29 is 4.74 Å². The molecule has 0 bridgehead atoms. The van der Waals surface area contributed by atoms with Crippen molar-refractivity contribution in [3.05, 3.63) is 22.8 Å². The van der Waals surface area contributed by atoms with Gasteiger partial charge in [-0.1, -0.05) is 13.8 Å². The Bertz CT molecular complexity index is 373. The molecule has 0 aliphatic carbocycles. The molecule has 0 saturated carbocycles. The van der Waals surface area contributed by atoms with Crippen molar-refractivity contribution in [2.75, 3.05) is 20.3 Å². The number of methoxy groups -OCH3 is 1. The van der Waals surface area contributed by atoms with Crippen molar-refractivity contribution in [3.63, 3.8) is 0 Å². The highest BCUT2D eigenvalue weighted by atomic mass is 32.2. The van der Waals surface area contributed by atoms with E-state index in [1.165, 1.54) is 5.56 Å². The van der Waals surface area contributed by atoms with E-state index >= 15 is 0 Å². The molecule has 0 aliphatic rings. The summed E-state index contributed by atoms with van der Waals surface area (Å²) < 4.78 is 5.02. The van der Waals surface area contributed by atoms with Crippen molar-refractivity contribution in [1.29, 1.82) is 0 Å². The average molecular weight is 283 g/mol. The van der Waals surface area contributed by atoms with Gasteiger partial charge in [-0.3, -0.25) is 0 Å². The first-order valence-electron chi connectivity index (χ1n) is 6.68. The van der Waals surface area contributed by atoms with Gasteiger partial charge in [0.15, 0.2) is 0 Å². The first-order chi connectivity index (χ1) is 9.04. The molecule has 0 fully saturated rings. The lowest BCUT2D eigenvalue weighted by Gasteiger charge is -2.12. The monoisotopic (exact) mass is 283 g/mol. The van der Waals surface area contributed by atoms with Gasteiger partial charge < -0.3 is 10.1 Å². The fourth-order valence-electron chi connectivity index (χ4n) is 1.76. The first-order valence-corrected chi connectivity index (χ1v) is 7.73. The topological polar surface area (TPSA) is 47.0 Å². The van der Waals surface area contributed by atoms with E-state index < -0.39 is 0 Å². The predicted octanol–water partition coefficient (Wildman–Crippen LogP) is 2.47. The molecule has 4 nitrogen and oxygen atoms in total. The zero-order chi connectivity index (χ0) is 14.3. The van der Waals surface area contributed by atoms with E-state index in [2.05, 4.69) is 43.0 Å². The van der Waals surface area contributed by atoms with Gasteiger partial charge in [-0.15, -0.1) is 0 Å². The molecule has 0 amide bonds. The van der Waals surface area contributed by atoms with Crippen LogP contribution in [0.5, 0.6) is 0 Å². The molecule has 0 aromatic carbocycles. The fourth-order valence-corrected chi connectivity index (χ4v) is 2.37. The predicted molar refractivity (Wildman–Crippen MR) is 81.5 cm³/mol. The molecule has 0 saturated heterocycles. The number of ether oxygens (including phenoxy) is 1. The van der Waals surface area contributed by atoms with Crippen molar-refractivity contribution in [1.82, 2.24) is 15.3 Å². The van der Waals surface area contributed by atoms with Crippen LogP contribution in [0.4, 0.5) is 0 Å². The SMILES string of the molecule is COCCNCc1c(C)nc(CSC(C)C)nc1C. The Balaban J connectivity index is 2.63. The number of nitrogens with one attached hydrogen (secondary N) is 1. The molecule has 1 heterocycles. The summed E-state index contributed by atoms with van der Waals surface area (Å²) in [5.41, 5.74) is 3.36. The van der Waals surface area contributed by atoms with Crippen LogP contribution in [-0.4, -0.2) is 35.5 Å². The van der Waals surface area contributed by atoms with E-state index in [0.29, 0.717) is 5.25 Å². The number of nitrogens with zero attached hydrogens (tertiary/aromatic N) is 2. The van der Waals surface area contributed by atoms with Crippen LogP contribution >= 0.6 is 11.8 Å². The maximum Gasteiger partial charge on any atom is 0.138 e. The minimum Gasteiger partial charge on any atom is -0.383 e. The summed E-state index contributed by atoms with van der Waals surface area (Å²) in [7, 11) is 1.71. The summed E-state index contributed by atoms with van der Waals surface area (Å²) in [6, 6.07) is 0. The Hall–Kier alpha value is -0.650. The second kappa shape index (κ2) is 8.51. The number of thioether (sulfide) groups is 1. The summed E-state index contributed by atoms with van der Waals surface area (Å²) in [6.45, 7) is 10.9. The molecule has 1 aromatic rings. The van der Waals surface area contributed by atoms with Crippen molar-refractivity contribution in [2.45, 2.75) is 45.2 Å². The van der Waals surface area contributed by atoms with Gasteiger partial charge in [0.25, 0.3) is 0 Å². The van der Waals surface area contributed by atoms with Gasteiger partial charge in [0, 0.05) is 37.2 Å². The van der Waals surface area contributed by atoms with Gasteiger partial charge in [-0.25, -0.2) is 9.97 Å². The lowest BCUT2D eigenvalue weighted by atomic mass is 10.1. The van der Waals surface area contributed by atoms with Crippen LogP contribution in [0, 0.1) is 13.8 Å². The molecule has 1 rings (SSSR count). The number of rotatable bonds is 8. The van der Waals surface area contributed by atoms with Crippen LogP contribution in [0.2, 0.25) is 0 Å². The van der Waals surface area contributed by atoms with Crippen LogP contribution in [0.25, 0.3) is 0 Å². The van der Waals surface area contributed by atoms with Crippen LogP contribution in [0.3, 0.4) is 0 Å². The fraction of sp³-hybridized carbons (Fsp3) is 0.714. The third-order valence-corrected chi connectivity index (χ3v) is 3.89. The molecule has 0 aliphatic heterocycles. The third-order valence-electron chi connectivity index (χ3n) is 2.80. The van der Waals surface area contributed by atoms with Crippen molar-refractivity contribution >= 4 is 11.8 Å². The van der Waals surface area contributed by atoms with Gasteiger partial charge in [0.1, 0.15) is 5.82 Å². The van der Waals surface area contributed by atoms with Gasteiger partial charge in [-0.05, 0) is 19.1 Å². The largest absolute Gasteiger partial charge is 0.383 e. The quantitative estimate of drug-likeness (QED) is 0.743. The lowest BCUT2D eigenvalue weighted by molar-refractivity contribution is 0.199. The summed E-state index contributed by atoms with van der Waals surface area (Å²) >= 11 is 1.87. The van der Waals surface area contributed by atoms with E-state index in [1.807, 2.05) is 11.8 Å². The Labute approximate surface area is 120 Å². The molecule has 1 N–H and O–H groups in total. The Kier molecular flexibility index (Phi) is 7.34. The lowest BCUT2D eigenvalue weighted by Crippen LogP contribution is -2.20. The van der Waals surface area contributed by atoms with Crippen LogP contribution in [-0.2, 0) is 17.0 Å². The molecule has 1 aromatic heterocycles. The van der Waals surface area contributed by atoms with Gasteiger partial charge in [-0.2, -0.15) is 11.8 Å². The highest BCUT2D eigenvalue weighted by Gasteiger charge is 2.08. The molecule has 0 atom stereocenters. The molecule has 19 heavy (non-hydrogen) atoms. The van der Waals surface area contributed by atoms with Gasteiger partial charge in [0.2, 0.25) is 0 Å². The molecular weight excluding hydrogens is 258 g/mol. The summed E-state index contributed by atoms with van der Waals surface area (Å²) in [4.78, 5) is 9.20. The summed E-state index contributed by atoms with van der Waals surface area (Å²) in [6.07, 6.45) is 0. The molecular formula is C14H25N3OS. The number of hydrogen-bond acceptors (Lipinski definition) is 5. The molecule has 5 heteroatoms. The van der Waals surface area contributed by atoms with Crippen molar-refractivity contribution in [2.24, 2.45) is 0 Å². The van der Waals surface area contributed by atoms with Gasteiger partial charge >= 0.3 is 0 Å². The Morgan fingerprint density at radius 3 is 2.37 bits per heavy atom. The zero-order valence-electron chi connectivity index (χ0n) is 12.6. The van der Waals surface area contributed by atoms with Crippen LogP contribution in [0.1, 0.15) is 36.6 Å². The highest BCUT2D eigenvalue weighted by molar-refractivity contribution is 7.99. The standard InChI is InChI=1S/C14H25N3OS/c1-10(2)19-9-14-16-11(3)13(12(4)17-14)8-15-6-7-18-5/h10,15H,6-9H2,1-5H3. The minimum atomic E-state index is 0.611. The molecule has 0 unspecified atom stereocenters.